The molecule has 0 unspecified atom stereocenters. The molecule has 1 fully saturated rings. The van der Waals surface area contributed by atoms with Crippen LogP contribution in [0.4, 0.5) is 0 Å². The number of hydrogen-bond acceptors (Lipinski definition) is 2. The predicted octanol–water partition coefficient (Wildman–Crippen LogP) is 3.01. The SMILES string of the molecule is CC[C@@H]1CC[C@H](C)[C@@H](COC(C)=O)C1. The molecule has 2 nitrogen and oxygen atoms in total. The summed E-state index contributed by atoms with van der Waals surface area (Å²) >= 11 is 0. The number of ether oxygens (including phenoxy) is 1. The maximum atomic E-state index is 10.7. The van der Waals surface area contributed by atoms with Crippen molar-refractivity contribution >= 4 is 5.97 Å². The molecule has 82 valence electrons. The Bertz CT molecular complexity index is 189. The van der Waals surface area contributed by atoms with E-state index in [4.69, 9.17) is 4.74 Å². The number of esters is 1. The first kappa shape index (κ1) is 11.5. The van der Waals surface area contributed by atoms with Crippen LogP contribution in [-0.4, -0.2) is 12.6 Å². The van der Waals surface area contributed by atoms with Crippen LogP contribution in [-0.2, 0) is 9.53 Å². The molecule has 0 radical (unpaired) electrons. The molecule has 1 rings (SSSR count). The van der Waals surface area contributed by atoms with Crippen molar-refractivity contribution in [3.05, 3.63) is 0 Å². The first-order valence-electron chi connectivity index (χ1n) is 5.76. The van der Waals surface area contributed by atoms with Crippen LogP contribution in [0.3, 0.4) is 0 Å². The Hall–Kier alpha value is -0.530. The second-order valence-corrected chi connectivity index (χ2v) is 4.63. The van der Waals surface area contributed by atoms with Crippen molar-refractivity contribution in [3.8, 4) is 0 Å². The normalized spacial score (nSPS) is 32.6. The van der Waals surface area contributed by atoms with Crippen molar-refractivity contribution in [2.24, 2.45) is 17.8 Å². The van der Waals surface area contributed by atoms with Gasteiger partial charge in [-0.2, -0.15) is 0 Å². The minimum Gasteiger partial charge on any atom is -0.466 e. The fourth-order valence-corrected chi connectivity index (χ4v) is 2.34. The number of carbonyl (C=O) groups excluding carboxylic acids is 1. The predicted molar refractivity (Wildman–Crippen MR) is 56.9 cm³/mol. The van der Waals surface area contributed by atoms with E-state index in [1.165, 1.54) is 32.6 Å². The zero-order chi connectivity index (χ0) is 10.6. The molecule has 0 heterocycles. The summed E-state index contributed by atoms with van der Waals surface area (Å²) in [6, 6.07) is 0. The van der Waals surface area contributed by atoms with Gasteiger partial charge in [0.1, 0.15) is 0 Å². The van der Waals surface area contributed by atoms with E-state index in [0.717, 1.165) is 11.8 Å². The second-order valence-electron chi connectivity index (χ2n) is 4.63. The molecule has 0 aromatic heterocycles. The maximum Gasteiger partial charge on any atom is 0.302 e. The van der Waals surface area contributed by atoms with Crippen molar-refractivity contribution in [2.75, 3.05) is 6.61 Å². The minimum absolute atomic E-state index is 0.143. The fourth-order valence-electron chi connectivity index (χ4n) is 2.34. The Labute approximate surface area is 87.0 Å². The molecule has 0 aromatic rings. The molecule has 0 aliphatic heterocycles. The Morgan fingerprint density at radius 1 is 1.43 bits per heavy atom. The summed E-state index contributed by atoms with van der Waals surface area (Å²) in [5.41, 5.74) is 0. The van der Waals surface area contributed by atoms with Crippen molar-refractivity contribution in [3.63, 3.8) is 0 Å². The van der Waals surface area contributed by atoms with Gasteiger partial charge in [-0.05, 0) is 24.2 Å². The lowest BCUT2D eigenvalue weighted by molar-refractivity contribution is -0.143. The van der Waals surface area contributed by atoms with Gasteiger partial charge in [0, 0.05) is 6.92 Å². The van der Waals surface area contributed by atoms with Crippen LogP contribution in [0.2, 0.25) is 0 Å². The molecule has 0 amide bonds. The van der Waals surface area contributed by atoms with Gasteiger partial charge in [0.25, 0.3) is 0 Å². The molecule has 1 aliphatic rings. The molecule has 2 heteroatoms. The fraction of sp³-hybridized carbons (Fsp3) is 0.917. The summed E-state index contributed by atoms with van der Waals surface area (Å²) in [6.07, 6.45) is 5.16. The third-order valence-electron chi connectivity index (χ3n) is 3.55. The van der Waals surface area contributed by atoms with Crippen LogP contribution in [0.1, 0.15) is 46.5 Å². The molecule has 14 heavy (non-hydrogen) atoms. The van der Waals surface area contributed by atoms with Gasteiger partial charge in [0.05, 0.1) is 6.61 Å². The van der Waals surface area contributed by atoms with E-state index in [1.54, 1.807) is 0 Å². The van der Waals surface area contributed by atoms with Crippen LogP contribution in [0.5, 0.6) is 0 Å². The largest absolute Gasteiger partial charge is 0.466 e. The lowest BCUT2D eigenvalue weighted by Crippen LogP contribution is -2.27. The van der Waals surface area contributed by atoms with Gasteiger partial charge < -0.3 is 4.74 Å². The number of carbonyl (C=O) groups is 1. The Morgan fingerprint density at radius 2 is 2.14 bits per heavy atom. The molecular formula is C12H22O2. The zero-order valence-corrected chi connectivity index (χ0v) is 9.58. The number of rotatable bonds is 3. The highest BCUT2D eigenvalue weighted by molar-refractivity contribution is 5.65. The summed E-state index contributed by atoms with van der Waals surface area (Å²) in [7, 11) is 0. The Morgan fingerprint density at radius 3 is 2.71 bits per heavy atom. The molecular weight excluding hydrogens is 176 g/mol. The lowest BCUT2D eigenvalue weighted by Gasteiger charge is -2.33. The van der Waals surface area contributed by atoms with Gasteiger partial charge in [-0.25, -0.2) is 0 Å². The maximum absolute atomic E-state index is 10.7. The average Bonchev–Trinajstić information content (AvgIpc) is 2.16. The van der Waals surface area contributed by atoms with E-state index in [-0.39, 0.29) is 5.97 Å². The van der Waals surface area contributed by atoms with Gasteiger partial charge in [-0.15, -0.1) is 0 Å². The van der Waals surface area contributed by atoms with E-state index in [1.807, 2.05) is 0 Å². The van der Waals surface area contributed by atoms with E-state index in [2.05, 4.69) is 13.8 Å². The van der Waals surface area contributed by atoms with Gasteiger partial charge in [0.15, 0.2) is 0 Å². The average molecular weight is 198 g/mol. The lowest BCUT2D eigenvalue weighted by atomic mass is 9.74. The summed E-state index contributed by atoms with van der Waals surface area (Å²) in [5.74, 6) is 2.03. The van der Waals surface area contributed by atoms with Crippen LogP contribution >= 0.6 is 0 Å². The first-order chi connectivity index (χ1) is 6.63. The minimum atomic E-state index is -0.143. The molecule has 0 spiro atoms. The molecule has 0 saturated heterocycles. The highest BCUT2D eigenvalue weighted by Gasteiger charge is 2.27. The number of hydrogen-bond donors (Lipinski definition) is 0. The smallest absolute Gasteiger partial charge is 0.302 e. The van der Waals surface area contributed by atoms with Crippen molar-refractivity contribution in [1.29, 1.82) is 0 Å². The Balaban J connectivity index is 2.36. The summed E-state index contributed by atoms with van der Waals surface area (Å²) < 4.78 is 5.11. The molecule has 3 atom stereocenters. The van der Waals surface area contributed by atoms with Crippen molar-refractivity contribution < 1.29 is 9.53 Å². The van der Waals surface area contributed by atoms with E-state index >= 15 is 0 Å². The van der Waals surface area contributed by atoms with Gasteiger partial charge in [-0.3, -0.25) is 4.79 Å². The molecule has 1 saturated carbocycles. The zero-order valence-electron chi connectivity index (χ0n) is 9.58. The van der Waals surface area contributed by atoms with E-state index in [9.17, 15) is 4.79 Å². The topological polar surface area (TPSA) is 26.3 Å². The second kappa shape index (κ2) is 5.38. The highest BCUT2D eigenvalue weighted by Crippen LogP contribution is 2.35. The van der Waals surface area contributed by atoms with Crippen LogP contribution in [0.25, 0.3) is 0 Å². The van der Waals surface area contributed by atoms with Gasteiger partial charge in [0.2, 0.25) is 0 Å². The Kier molecular flexibility index (Phi) is 4.43. The van der Waals surface area contributed by atoms with Gasteiger partial charge in [-0.1, -0.05) is 33.1 Å². The van der Waals surface area contributed by atoms with Crippen molar-refractivity contribution in [1.82, 2.24) is 0 Å². The van der Waals surface area contributed by atoms with Crippen LogP contribution < -0.4 is 0 Å². The van der Waals surface area contributed by atoms with Crippen molar-refractivity contribution in [2.45, 2.75) is 46.5 Å². The third-order valence-corrected chi connectivity index (χ3v) is 3.55. The van der Waals surface area contributed by atoms with E-state index in [0.29, 0.717) is 12.5 Å². The molecule has 0 aromatic carbocycles. The van der Waals surface area contributed by atoms with E-state index < -0.39 is 0 Å². The molecule has 0 bridgehead atoms. The molecule has 1 aliphatic carbocycles. The quantitative estimate of drug-likeness (QED) is 0.652. The summed E-state index contributed by atoms with van der Waals surface area (Å²) in [6.45, 7) is 6.65. The summed E-state index contributed by atoms with van der Waals surface area (Å²) in [5, 5.41) is 0. The van der Waals surface area contributed by atoms with Crippen LogP contribution in [0.15, 0.2) is 0 Å². The standard InChI is InChI=1S/C12H22O2/c1-4-11-6-5-9(2)12(7-11)8-14-10(3)13/h9,11-12H,4-8H2,1-3H3/t9-,11+,12+/m0/s1. The molecule has 0 N–H and O–H groups in total. The van der Waals surface area contributed by atoms with Crippen LogP contribution in [0, 0.1) is 17.8 Å². The monoisotopic (exact) mass is 198 g/mol. The first-order valence-corrected chi connectivity index (χ1v) is 5.76. The van der Waals surface area contributed by atoms with Gasteiger partial charge >= 0.3 is 5.97 Å². The third kappa shape index (κ3) is 3.32. The summed E-state index contributed by atoms with van der Waals surface area (Å²) in [4.78, 5) is 10.7. The highest BCUT2D eigenvalue weighted by atomic mass is 16.5.